The highest BCUT2D eigenvalue weighted by Crippen LogP contribution is 2.22. The van der Waals surface area contributed by atoms with Gasteiger partial charge in [0.05, 0.1) is 31.0 Å². The Kier molecular flexibility index (Phi) is 6.86. The molecule has 0 saturated carbocycles. The van der Waals surface area contributed by atoms with Crippen LogP contribution in [0.3, 0.4) is 0 Å². The molecule has 2 rings (SSSR count). The van der Waals surface area contributed by atoms with Crippen molar-refractivity contribution in [3.63, 3.8) is 0 Å². The van der Waals surface area contributed by atoms with Gasteiger partial charge in [-0.1, -0.05) is 18.2 Å². The maximum absolute atomic E-state index is 12.5. The largest absolute Gasteiger partial charge is 0.465 e. The molecule has 0 unspecified atom stereocenters. The van der Waals surface area contributed by atoms with Crippen molar-refractivity contribution in [3.8, 4) is 0 Å². The smallest absolute Gasteiger partial charge is 0.339 e. The first-order chi connectivity index (χ1) is 13.4. The molecule has 2 aromatic carbocycles. The van der Waals surface area contributed by atoms with Crippen molar-refractivity contribution in [2.24, 2.45) is 0 Å². The summed E-state index contributed by atoms with van der Waals surface area (Å²) in [5, 5.41) is 2.62. The first-order valence-corrected chi connectivity index (χ1v) is 8.31. The molecular formula is C20H20N2O6. The van der Waals surface area contributed by atoms with E-state index in [1.54, 1.807) is 36.4 Å². The zero-order valence-electron chi connectivity index (χ0n) is 15.7. The van der Waals surface area contributed by atoms with Crippen LogP contribution < -0.4 is 10.2 Å². The van der Waals surface area contributed by atoms with Crippen LogP contribution in [0.15, 0.2) is 48.5 Å². The van der Waals surface area contributed by atoms with E-state index in [0.29, 0.717) is 5.69 Å². The van der Waals surface area contributed by atoms with E-state index in [1.165, 1.54) is 38.2 Å². The Morgan fingerprint density at radius 1 is 0.929 bits per heavy atom. The monoisotopic (exact) mass is 384 g/mol. The minimum absolute atomic E-state index is 0.167. The molecule has 28 heavy (non-hydrogen) atoms. The molecule has 0 saturated heterocycles. The van der Waals surface area contributed by atoms with Crippen LogP contribution in [0.2, 0.25) is 0 Å². The number of nitrogens with zero attached hydrogens (tertiary/aromatic N) is 1. The Morgan fingerprint density at radius 3 is 2.25 bits per heavy atom. The van der Waals surface area contributed by atoms with Crippen molar-refractivity contribution < 1.29 is 28.7 Å². The number of anilines is 2. The Bertz CT molecular complexity index is 909. The van der Waals surface area contributed by atoms with E-state index < -0.39 is 23.8 Å². The minimum Gasteiger partial charge on any atom is -0.465 e. The van der Waals surface area contributed by atoms with Gasteiger partial charge in [0.15, 0.2) is 0 Å². The number of carbonyl (C=O) groups excluding carboxylic acids is 4. The highest BCUT2D eigenvalue weighted by molar-refractivity contribution is 6.06. The standard InChI is InChI=1S/C20H20N2O6/c1-13(23)22(17-10-5-4-9-16(17)20(26)28-3)12-18(24)21-15-8-6-7-14(11-15)19(25)27-2/h4-11H,12H2,1-3H3,(H,21,24). The molecule has 0 spiro atoms. The summed E-state index contributed by atoms with van der Waals surface area (Å²) in [5.41, 5.74) is 1.08. The third kappa shape index (κ3) is 4.94. The summed E-state index contributed by atoms with van der Waals surface area (Å²) in [6, 6.07) is 12.6. The third-order valence-electron chi connectivity index (χ3n) is 3.85. The molecule has 0 radical (unpaired) electrons. The van der Waals surface area contributed by atoms with Crippen LogP contribution in [0, 0.1) is 0 Å². The maximum atomic E-state index is 12.5. The molecule has 1 N–H and O–H groups in total. The number of nitrogens with one attached hydrogen (secondary N) is 1. The topological polar surface area (TPSA) is 102 Å². The summed E-state index contributed by atoms with van der Waals surface area (Å²) in [6.07, 6.45) is 0. The van der Waals surface area contributed by atoms with Crippen molar-refractivity contribution in [1.29, 1.82) is 0 Å². The molecule has 2 aromatic rings. The summed E-state index contributed by atoms with van der Waals surface area (Å²) >= 11 is 0. The molecular weight excluding hydrogens is 364 g/mol. The summed E-state index contributed by atoms with van der Waals surface area (Å²) < 4.78 is 9.38. The summed E-state index contributed by atoms with van der Waals surface area (Å²) in [4.78, 5) is 49.3. The lowest BCUT2D eigenvalue weighted by molar-refractivity contribution is -0.120. The van der Waals surface area contributed by atoms with E-state index in [-0.39, 0.29) is 23.4 Å². The average Bonchev–Trinajstić information content (AvgIpc) is 2.70. The lowest BCUT2D eigenvalue weighted by Crippen LogP contribution is -2.37. The van der Waals surface area contributed by atoms with Gasteiger partial charge in [0.2, 0.25) is 11.8 Å². The minimum atomic E-state index is -0.618. The van der Waals surface area contributed by atoms with Crippen LogP contribution in [0.5, 0.6) is 0 Å². The highest BCUT2D eigenvalue weighted by atomic mass is 16.5. The zero-order valence-corrected chi connectivity index (χ0v) is 15.7. The van der Waals surface area contributed by atoms with Crippen molar-refractivity contribution in [3.05, 3.63) is 59.7 Å². The molecule has 0 aliphatic carbocycles. The number of hydrogen-bond donors (Lipinski definition) is 1. The second-order valence-electron chi connectivity index (χ2n) is 5.73. The fourth-order valence-corrected chi connectivity index (χ4v) is 2.54. The number of amides is 2. The molecule has 0 heterocycles. The van der Waals surface area contributed by atoms with Gasteiger partial charge in [-0.2, -0.15) is 0 Å². The Balaban J connectivity index is 2.22. The predicted octanol–water partition coefficient (Wildman–Crippen LogP) is 2.25. The third-order valence-corrected chi connectivity index (χ3v) is 3.85. The molecule has 2 amide bonds. The number of esters is 2. The first kappa shape index (κ1) is 20.6. The number of benzene rings is 2. The van der Waals surface area contributed by atoms with Crippen LogP contribution in [0.4, 0.5) is 11.4 Å². The van der Waals surface area contributed by atoms with Gasteiger partial charge in [-0.25, -0.2) is 9.59 Å². The Labute approximate surface area is 162 Å². The molecule has 0 fully saturated rings. The Morgan fingerprint density at radius 2 is 1.61 bits per heavy atom. The fraction of sp³-hybridized carbons (Fsp3) is 0.200. The van der Waals surface area contributed by atoms with E-state index in [4.69, 9.17) is 4.74 Å². The number of methoxy groups -OCH3 is 2. The number of ether oxygens (including phenoxy) is 2. The molecule has 0 bridgehead atoms. The van der Waals surface area contributed by atoms with Gasteiger partial charge >= 0.3 is 11.9 Å². The first-order valence-electron chi connectivity index (χ1n) is 8.31. The molecule has 8 heteroatoms. The van der Waals surface area contributed by atoms with E-state index in [9.17, 15) is 19.2 Å². The summed E-state index contributed by atoms with van der Waals surface area (Å²) in [5.74, 6) is -2.08. The van der Waals surface area contributed by atoms with Crippen molar-refractivity contribution in [2.75, 3.05) is 31.0 Å². The number of carbonyl (C=O) groups is 4. The molecule has 0 atom stereocenters. The highest BCUT2D eigenvalue weighted by Gasteiger charge is 2.22. The van der Waals surface area contributed by atoms with Gasteiger partial charge in [-0.3, -0.25) is 9.59 Å². The van der Waals surface area contributed by atoms with Crippen LogP contribution in [0.1, 0.15) is 27.6 Å². The second kappa shape index (κ2) is 9.31. The van der Waals surface area contributed by atoms with E-state index in [2.05, 4.69) is 10.1 Å². The number of para-hydroxylation sites is 1. The lowest BCUT2D eigenvalue weighted by atomic mass is 10.1. The van der Waals surface area contributed by atoms with Gasteiger partial charge in [0.1, 0.15) is 6.54 Å². The maximum Gasteiger partial charge on any atom is 0.339 e. The molecule has 8 nitrogen and oxygen atoms in total. The lowest BCUT2D eigenvalue weighted by Gasteiger charge is -2.22. The van der Waals surface area contributed by atoms with E-state index in [0.717, 1.165) is 0 Å². The van der Waals surface area contributed by atoms with Crippen LogP contribution >= 0.6 is 0 Å². The normalized spacial score (nSPS) is 9.96. The SMILES string of the molecule is COC(=O)c1cccc(NC(=O)CN(C(C)=O)c2ccccc2C(=O)OC)c1. The predicted molar refractivity (Wildman–Crippen MR) is 102 cm³/mol. The van der Waals surface area contributed by atoms with Crippen LogP contribution in [-0.4, -0.2) is 44.5 Å². The van der Waals surface area contributed by atoms with Crippen molar-refractivity contribution >= 4 is 35.1 Å². The van der Waals surface area contributed by atoms with Crippen LogP contribution in [-0.2, 0) is 19.1 Å². The van der Waals surface area contributed by atoms with Gasteiger partial charge < -0.3 is 19.7 Å². The van der Waals surface area contributed by atoms with Crippen molar-refractivity contribution in [2.45, 2.75) is 6.92 Å². The molecule has 0 aliphatic heterocycles. The Hall–Kier alpha value is -3.68. The molecule has 0 aliphatic rings. The van der Waals surface area contributed by atoms with E-state index >= 15 is 0 Å². The average molecular weight is 384 g/mol. The van der Waals surface area contributed by atoms with Gasteiger partial charge in [0, 0.05) is 12.6 Å². The number of rotatable bonds is 6. The van der Waals surface area contributed by atoms with Gasteiger partial charge in [-0.05, 0) is 30.3 Å². The van der Waals surface area contributed by atoms with Gasteiger partial charge in [-0.15, -0.1) is 0 Å². The van der Waals surface area contributed by atoms with Crippen LogP contribution in [0.25, 0.3) is 0 Å². The summed E-state index contributed by atoms with van der Waals surface area (Å²) in [7, 11) is 2.50. The summed E-state index contributed by atoms with van der Waals surface area (Å²) in [6.45, 7) is 0.963. The quantitative estimate of drug-likeness (QED) is 0.767. The molecule has 146 valence electrons. The zero-order chi connectivity index (χ0) is 20.7. The van der Waals surface area contributed by atoms with E-state index in [1.807, 2.05) is 0 Å². The number of hydrogen-bond acceptors (Lipinski definition) is 6. The fourth-order valence-electron chi connectivity index (χ4n) is 2.54. The molecule has 0 aromatic heterocycles. The van der Waals surface area contributed by atoms with Gasteiger partial charge in [0.25, 0.3) is 0 Å². The second-order valence-corrected chi connectivity index (χ2v) is 5.73. The van der Waals surface area contributed by atoms with Crippen molar-refractivity contribution in [1.82, 2.24) is 0 Å².